The highest BCUT2D eigenvalue weighted by Gasteiger charge is 2.43. The van der Waals surface area contributed by atoms with E-state index in [1.165, 1.54) is 12.3 Å². The number of benzene rings is 1. The molecule has 4 rings (SSSR count). The van der Waals surface area contributed by atoms with Crippen molar-refractivity contribution in [2.45, 2.75) is 25.4 Å². The SMILES string of the molecule is NC(=O)NC1=N[N+]2(CCCCCN3CCN(c4cccc(Cl)c4Cl)CC3)C=CC(C(F)(F)F)=CC2=C1. The zero-order valence-corrected chi connectivity index (χ0v) is 21.1. The Balaban J connectivity index is 1.26. The van der Waals surface area contributed by atoms with E-state index in [-0.39, 0.29) is 10.4 Å². The topological polar surface area (TPSA) is 74.0 Å². The van der Waals surface area contributed by atoms with Crippen molar-refractivity contribution >= 4 is 40.8 Å². The summed E-state index contributed by atoms with van der Waals surface area (Å²) < 4.78 is 39.5. The summed E-state index contributed by atoms with van der Waals surface area (Å²) in [6.45, 7) is 4.96. The first-order valence-electron chi connectivity index (χ1n) is 11.7. The summed E-state index contributed by atoms with van der Waals surface area (Å²) in [7, 11) is 0. The number of nitrogens with zero attached hydrogens (tertiary/aromatic N) is 4. The summed E-state index contributed by atoms with van der Waals surface area (Å²) in [6.07, 6.45) is 3.12. The maximum Gasteiger partial charge on any atom is 0.416 e. The number of piperazine rings is 1. The van der Waals surface area contributed by atoms with E-state index in [2.05, 4.69) is 20.2 Å². The fraction of sp³-hybridized carbons (Fsp3) is 0.417. The molecule has 3 heterocycles. The van der Waals surface area contributed by atoms with Crippen LogP contribution in [0.25, 0.3) is 0 Å². The maximum absolute atomic E-state index is 13.2. The second kappa shape index (κ2) is 10.8. The molecule has 2 amide bonds. The summed E-state index contributed by atoms with van der Waals surface area (Å²) in [5, 5.41) is 7.95. The number of amides is 2. The van der Waals surface area contributed by atoms with Crippen LogP contribution in [0.1, 0.15) is 19.3 Å². The Labute approximate surface area is 217 Å². The molecule has 0 aromatic heterocycles. The number of amidine groups is 1. The number of allylic oxidation sites excluding steroid dienone is 3. The number of hydrogen-bond acceptors (Lipinski definition) is 4. The second-order valence-corrected chi connectivity index (χ2v) is 9.75. The van der Waals surface area contributed by atoms with Crippen molar-refractivity contribution in [2.75, 3.05) is 44.2 Å². The van der Waals surface area contributed by atoms with E-state index in [4.69, 9.17) is 28.9 Å². The van der Waals surface area contributed by atoms with E-state index in [9.17, 15) is 18.0 Å². The smallest absolute Gasteiger partial charge is 0.368 e. The van der Waals surface area contributed by atoms with Crippen LogP contribution in [0.5, 0.6) is 0 Å². The van der Waals surface area contributed by atoms with Gasteiger partial charge in [0, 0.05) is 38.3 Å². The number of nitrogens with two attached hydrogens (primary N) is 1. The average Bonchev–Trinajstić information content (AvgIpc) is 3.17. The van der Waals surface area contributed by atoms with Gasteiger partial charge in [-0.1, -0.05) is 34.4 Å². The molecule has 0 radical (unpaired) electrons. The van der Waals surface area contributed by atoms with Crippen LogP contribution in [0.4, 0.5) is 23.7 Å². The standard InChI is InChI=1S/C24H27Cl2F3N6O/c25-19-5-4-6-20(22(19)26)34-11-9-33(10-12-34)8-2-1-3-13-35-14-7-17(24(27,28)29)15-18(35)16-21(32-35)31-23(30)36/h4-7,14-16H,1-3,8-13H2,(H2-,30,31,32,36)/p+1. The lowest BCUT2D eigenvalue weighted by atomic mass is 10.1. The van der Waals surface area contributed by atoms with Gasteiger partial charge in [-0.15, -0.1) is 4.59 Å². The quantitative estimate of drug-likeness (QED) is 0.375. The number of primary amides is 1. The number of rotatable bonds is 7. The summed E-state index contributed by atoms with van der Waals surface area (Å²) in [5.74, 6) is 0.152. The number of alkyl halides is 3. The normalized spacial score (nSPS) is 22.1. The molecular weight excluding hydrogens is 516 g/mol. The number of halogens is 5. The third-order valence-electron chi connectivity index (χ3n) is 6.52. The van der Waals surface area contributed by atoms with Crippen LogP contribution in [0.2, 0.25) is 10.0 Å². The summed E-state index contributed by atoms with van der Waals surface area (Å²) in [6, 6.07) is 4.84. The van der Waals surface area contributed by atoms with Crippen molar-refractivity contribution in [1.29, 1.82) is 0 Å². The van der Waals surface area contributed by atoms with Crippen LogP contribution < -0.4 is 16.0 Å². The summed E-state index contributed by atoms with van der Waals surface area (Å²) in [5.41, 5.74) is 5.72. The lowest BCUT2D eigenvalue weighted by Gasteiger charge is -2.36. The highest BCUT2D eigenvalue weighted by atomic mass is 35.5. The minimum atomic E-state index is -4.46. The highest BCUT2D eigenvalue weighted by molar-refractivity contribution is 6.43. The van der Waals surface area contributed by atoms with Crippen molar-refractivity contribution in [3.63, 3.8) is 0 Å². The van der Waals surface area contributed by atoms with Crippen LogP contribution in [0.15, 0.2) is 59.0 Å². The number of unbranched alkanes of at least 4 members (excludes halogenated alkanes) is 2. The molecular formula is C24H28Cl2F3N6O+. The molecule has 7 nitrogen and oxygen atoms in total. The lowest BCUT2D eigenvalue weighted by molar-refractivity contribution is -0.843. The van der Waals surface area contributed by atoms with Gasteiger partial charge in [-0.3, -0.25) is 10.2 Å². The van der Waals surface area contributed by atoms with Gasteiger partial charge in [0.15, 0.2) is 11.5 Å². The number of quaternary nitrogens is 1. The second-order valence-electron chi connectivity index (χ2n) is 8.97. The molecule has 12 heteroatoms. The van der Waals surface area contributed by atoms with E-state index in [0.29, 0.717) is 22.3 Å². The van der Waals surface area contributed by atoms with Crippen molar-refractivity contribution in [3.8, 4) is 0 Å². The molecule has 1 unspecified atom stereocenters. The molecule has 36 heavy (non-hydrogen) atoms. The van der Waals surface area contributed by atoms with Gasteiger partial charge in [-0.25, -0.2) is 4.79 Å². The molecule has 194 valence electrons. The average molecular weight is 544 g/mol. The molecule has 0 aliphatic carbocycles. The van der Waals surface area contributed by atoms with Crippen molar-refractivity contribution in [3.05, 3.63) is 63.9 Å². The Morgan fingerprint density at radius 1 is 1.11 bits per heavy atom. The number of carbonyl (C=O) groups excluding carboxylic acids is 1. The molecule has 1 fully saturated rings. The van der Waals surface area contributed by atoms with Crippen molar-refractivity contribution in [2.24, 2.45) is 10.8 Å². The van der Waals surface area contributed by atoms with E-state index in [0.717, 1.165) is 69.8 Å². The Morgan fingerprint density at radius 2 is 1.86 bits per heavy atom. The molecule has 3 aliphatic heterocycles. The summed E-state index contributed by atoms with van der Waals surface area (Å²) in [4.78, 5) is 15.9. The van der Waals surface area contributed by atoms with E-state index in [1.807, 2.05) is 12.1 Å². The van der Waals surface area contributed by atoms with Crippen LogP contribution in [-0.4, -0.2) is 66.8 Å². The zero-order valence-electron chi connectivity index (χ0n) is 19.6. The predicted molar refractivity (Wildman–Crippen MR) is 136 cm³/mol. The minimum absolute atomic E-state index is 0.117. The molecule has 0 spiro atoms. The van der Waals surface area contributed by atoms with E-state index < -0.39 is 17.8 Å². The number of carbonyl (C=O) groups is 1. The van der Waals surface area contributed by atoms with Crippen LogP contribution in [0, 0.1) is 0 Å². The van der Waals surface area contributed by atoms with Gasteiger partial charge in [-0.05, 0) is 37.9 Å². The first-order chi connectivity index (χ1) is 17.1. The zero-order chi connectivity index (χ0) is 25.9. The van der Waals surface area contributed by atoms with Gasteiger partial charge >= 0.3 is 12.2 Å². The third kappa shape index (κ3) is 6.05. The van der Waals surface area contributed by atoms with Gasteiger partial charge in [0.05, 0.1) is 27.4 Å². The largest absolute Gasteiger partial charge is 0.416 e. The first kappa shape index (κ1) is 26.5. The van der Waals surface area contributed by atoms with Crippen molar-refractivity contribution < 1.29 is 22.6 Å². The Bertz CT molecular complexity index is 1130. The van der Waals surface area contributed by atoms with Crippen molar-refractivity contribution in [1.82, 2.24) is 10.2 Å². The van der Waals surface area contributed by atoms with E-state index >= 15 is 0 Å². The van der Waals surface area contributed by atoms with E-state index in [1.54, 1.807) is 6.07 Å². The molecule has 1 aromatic rings. The van der Waals surface area contributed by atoms with Gasteiger partial charge in [0.1, 0.15) is 12.7 Å². The molecule has 0 bridgehead atoms. The fourth-order valence-electron chi connectivity index (χ4n) is 4.65. The van der Waals surface area contributed by atoms with Gasteiger partial charge in [0.25, 0.3) is 0 Å². The highest BCUT2D eigenvalue weighted by Crippen LogP contribution is 2.38. The number of hydrogen-bond donors (Lipinski definition) is 2. The third-order valence-corrected chi connectivity index (χ3v) is 7.33. The fourth-order valence-corrected chi connectivity index (χ4v) is 5.06. The maximum atomic E-state index is 13.2. The molecule has 1 saturated heterocycles. The lowest BCUT2D eigenvalue weighted by Crippen LogP contribution is -2.46. The molecule has 1 aromatic carbocycles. The number of fused-ring (bicyclic) bond motifs is 1. The van der Waals surface area contributed by atoms with Crippen LogP contribution in [0.3, 0.4) is 0 Å². The molecule has 3 N–H and O–H groups in total. The van der Waals surface area contributed by atoms with Crippen LogP contribution >= 0.6 is 23.2 Å². The number of urea groups is 1. The Morgan fingerprint density at radius 3 is 2.56 bits per heavy atom. The number of nitrogens with one attached hydrogen (secondary N) is 1. The van der Waals surface area contributed by atoms with Gasteiger partial charge < -0.3 is 10.6 Å². The molecule has 0 saturated carbocycles. The molecule has 1 atom stereocenters. The monoisotopic (exact) mass is 543 g/mol. The molecule has 3 aliphatic rings. The Kier molecular flexibility index (Phi) is 7.99. The predicted octanol–water partition coefficient (Wildman–Crippen LogP) is 5.00. The minimum Gasteiger partial charge on any atom is -0.368 e. The summed E-state index contributed by atoms with van der Waals surface area (Å²) >= 11 is 12.5. The Hall–Kier alpha value is -2.53. The first-order valence-corrected chi connectivity index (χ1v) is 12.5. The van der Waals surface area contributed by atoms with Gasteiger partial charge in [0.2, 0.25) is 0 Å². The van der Waals surface area contributed by atoms with Crippen LogP contribution in [-0.2, 0) is 0 Å². The number of anilines is 1. The van der Waals surface area contributed by atoms with Gasteiger partial charge in [-0.2, -0.15) is 13.2 Å².